The fourth-order valence-corrected chi connectivity index (χ4v) is 2.67. The van der Waals surface area contributed by atoms with Crippen LogP contribution < -0.4 is 31.0 Å². The summed E-state index contributed by atoms with van der Waals surface area (Å²) in [5.74, 6) is -7.06. The van der Waals surface area contributed by atoms with Crippen molar-refractivity contribution in [1.29, 1.82) is 0 Å². The quantitative estimate of drug-likeness (QED) is 0.0834. The molecule has 27 heteroatoms. The largest absolute Gasteiger partial charge is 0.479 e. The number of ether oxygens (including phenoxy) is 3. The van der Waals surface area contributed by atoms with Gasteiger partial charge in [0.2, 0.25) is 33.7 Å². The van der Waals surface area contributed by atoms with Crippen molar-refractivity contribution in [2.45, 2.75) is 24.4 Å². The summed E-state index contributed by atoms with van der Waals surface area (Å²) in [5, 5.41) is 47.4. The number of carbonyl (C=O) groups excluding carboxylic acids is 3. The molecule has 0 radical (unpaired) electrons. The third-order valence-electron chi connectivity index (χ3n) is 4.14. The molecular weight excluding hydrogens is 683 g/mol. The number of carbonyl (C=O) groups is 4. The number of aromatic nitrogens is 9. The summed E-state index contributed by atoms with van der Waals surface area (Å²) in [7, 11) is 1.46. The van der Waals surface area contributed by atoms with Gasteiger partial charge in [-0.15, -0.1) is 0 Å². The van der Waals surface area contributed by atoms with Crippen LogP contribution in [0.5, 0.6) is 18.0 Å². The van der Waals surface area contributed by atoms with Gasteiger partial charge < -0.3 is 56.5 Å². The van der Waals surface area contributed by atoms with Crippen molar-refractivity contribution in [3.63, 3.8) is 0 Å². The molecule has 0 aliphatic heterocycles. The number of nitrogens with zero attached hydrogens (tertiary/aromatic N) is 9. The van der Waals surface area contributed by atoms with E-state index >= 15 is 0 Å². The summed E-state index contributed by atoms with van der Waals surface area (Å²) in [6.07, 6.45) is -9.47. The average Bonchev–Trinajstić information content (AvgIpc) is 3.02. The van der Waals surface area contributed by atoms with E-state index in [0.29, 0.717) is 0 Å². The van der Waals surface area contributed by atoms with Crippen LogP contribution in [0.15, 0.2) is 0 Å². The number of hydrogen-bond donors (Lipinski definition) is 8. The highest BCUT2D eigenvalue weighted by Gasteiger charge is 2.35. The highest BCUT2D eigenvalue weighted by molar-refractivity contribution is 6.28. The lowest BCUT2D eigenvalue weighted by Crippen LogP contribution is -2.44. The smallest absolute Gasteiger partial charge is 0.346 e. The van der Waals surface area contributed by atoms with Crippen molar-refractivity contribution in [2.24, 2.45) is 0 Å². The number of anilines is 3. The number of aliphatic hydroxyl groups excluding tert-OH is 4. The summed E-state index contributed by atoms with van der Waals surface area (Å²) in [6, 6.07) is -1.96. The molecule has 0 fully saturated rings. The van der Waals surface area contributed by atoms with Gasteiger partial charge in [-0.25, -0.2) is 19.2 Å². The molecule has 242 valence electrons. The maximum atomic E-state index is 11.9. The molecule has 0 spiro atoms. The Balaban J connectivity index is 0.000000353. The Bertz CT molecular complexity index is 1550. The van der Waals surface area contributed by atoms with Gasteiger partial charge >= 0.3 is 41.9 Å². The Morgan fingerprint density at radius 3 is 1.36 bits per heavy atom. The van der Waals surface area contributed by atoms with Gasteiger partial charge in [0.1, 0.15) is 0 Å². The molecule has 0 saturated carbocycles. The minimum absolute atomic E-state index is 0.0391. The predicted octanol–water partition coefficient (Wildman–Crippen LogP) is -3.96. The normalized spacial score (nSPS) is 13.6. The predicted molar refractivity (Wildman–Crippen MR) is 141 cm³/mol. The number of nitrogens with one attached hydrogen (secondary N) is 1. The first kappa shape index (κ1) is 32.9. The highest BCUT2D eigenvalue weighted by Crippen LogP contribution is 2.14. The molecule has 0 aliphatic carbocycles. The standard InChI is InChI=1S/C11H10Cl2N8O6.C7H7ClN4O6/c1-15-9-17-7(13)19-11(21-9)27-5(25)3(23)2(22)4(24)26-10-18-6(12)16-8(14)20-10;8-5-10-6(9)12-7(11-5)18-4(17)2(14)1(13)3(15)16/h2-3,22-23H,1H3,(H2,14,16,18,20)(H,15,17,19,21);1-2,13-14H,(H,15,16)(H2,9,10,11,12)/i/hD2. The summed E-state index contributed by atoms with van der Waals surface area (Å²) in [5.41, 5.74) is 3.54. The monoisotopic (exact) mass is 700 g/mol. The number of halogens is 3. The van der Waals surface area contributed by atoms with Crippen molar-refractivity contribution in [2.75, 3.05) is 23.8 Å². The molecule has 0 amide bonds. The zero-order valence-electron chi connectivity index (χ0n) is 23.6. The highest BCUT2D eigenvalue weighted by atomic mass is 35.5. The molecular formula is C18H17Cl3N12O12. The van der Waals surface area contributed by atoms with E-state index in [9.17, 15) is 29.4 Å². The van der Waals surface area contributed by atoms with Crippen LogP contribution in [0, 0.1) is 0 Å². The molecule has 0 aromatic carbocycles. The first-order valence-electron chi connectivity index (χ1n) is 12.0. The number of aliphatic hydroxyl groups is 4. The minimum atomic E-state index is -2.39. The second kappa shape index (κ2) is 16.2. The van der Waals surface area contributed by atoms with Crippen molar-refractivity contribution >= 4 is 76.5 Å². The van der Waals surface area contributed by atoms with Crippen LogP contribution in [0.25, 0.3) is 0 Å². The number of carboxylic acid groups (broad SMARTS) is 1. The Morgan fingerprint density at radius 2 is 1.00 bits per heavy atom. The zero-order valence-corrected chi connectivity index (χ0v) is 23.8. The van der Waals surface area contributed by atoms with Crippen molar-refractivity contribution in [1.82, 2.24) is 44.9 Å². The molecule has 0 bridgehead atoms. The Morgan fingerprint density at radius 1 is 0.644 bits per heavy atom. The Hall–Kier alpha value is -4.98. The third kappa shape index (κ3) is 11.2. The minimum Gasteiger partial charge on any atom is -0.479 e. The fourth-order valence-electron chi connectivity index (χ4n) is 2.22. The third-order valence-corrected chi connectivity index (χ3v) is 4.64. The Kier molecular flexibility index (Phi) is 11.8. The van der Waals surface area contributed by atoms with Crippen molar-refractivity contribution in [3.8, 4) is 18.0 Å². The molecule has 10 N–H and O–H groups in total. The van der Waals surface area contributed by atoms with Gasteiger partial charge in [-0.05, 0) is 34.8 Å². The Labute approximate surface area is 265 Å². The van der Waals surface area contributed by atoms with Crippen LogP contribution in [0.2, 0.25) is 18.7 Å². The van der Waals surface area contributed by atoms with Gasteiger partial charge in [0, 0.05) is 7.05 Å². The van der Waals surface area contributed by atoms with E-state index in [2.05, 4.69) is 64.4 Å². The van der Waals surface area contributed by atoms with Crippen LogP contribution >= 0.6 is 34.8 Å². The molecule has 45 heavy (non-hydrogen) atoms. The molecule has 3 heterocycles. The number of carboxylic acids is 1. The number of nitrogens with two attached hydrogens (primary N) is 2. The van der Waals surface area contributed by atoms with Crippen LogP contribution in [0.4, 0.5) is 17.8 Å². The fraction of sp³-hybridized carbons (Fsp3) is 0.278. The zero-order chi connectivity index (χ0) is 35.4. The lowest BCUT2D eigenvalue weighted by atomic mass is 10.2. The molecule has 0 aliphatic rings. The van der Waals surface area contributed by atoms with Gasteiger partial charge in [0.25, 0.3) is 0 Å². The lowest BCUT2D eigenvalue weighted by molar-refractivity contribution is -0.164. The molecule has 3 rings (SSSR count). The van der Waals surface area contributed by atoms with Gasteiger partial charge in [-0.2, -0.15) is 44.9 Å². The number of aliphatic carboxylic acids is 1. The van der Waals surface area contributed by atoms with E-state index in [4.69, 9.17) is 52.9 Å². The summed E-state index contributed by atoms with van der Waals surface area (Å²) in [6.45, 7) is 0. The molecule has 4 unspecified atom stereocenters. The summed E-state index contributed by atoms with van der Waals surface area (Å²) in [4.78, 5) is 76.6. The first-order chi connectivity index (χ1) is 22.1. The average molecular weight is 702 g/mol. The lowest BCUT2D eigenvalue weighted by Gasteiger charge is -2.14. The molecule has 3 aromatic heterocycles. The second-order valence-electron chi connectivity index (χ2n) is 7.26. The van der Waals surface area contributed by atoms with Crippen molar-refractivity contribution < 1.29 is 61.7 Å². The van der Waals surface area contributed by atoms with Crippen LogP contribution in [0.3, 0.4) is 0 Å². The van der Waals surface area contributed by atoms with E-state index in [1.54, 1.807) is 11.5 Å². The SMILES string of the molecule is [2H]Nc1nc(Cl)nc(OC(=O)C(O)C(O)C(=O)O)n1.[2H]Nc1nc(Cl)nc(OC(=O)C(O)C(O)C(=O)Oc2nc(Cl)nc(NC)n2)n1. The molecule has 0 saturated heterocycles. The number of rotatable bonds is 12. The molecule has 3 aromatic rings. The maximum Gasteiger partial charge on any atom is 0.346 e. The van der Waals surface area contributed by atoms with E-state index in [1.807, 2.05) is 0 Å². The van der Waals surface area contributed by atoms with E-state index in [0.717, 1.165) is 0 Å². The topological polar surface area (TPSA) is 377 Å². The maximum absolute atomic E-state index is 11.9. The van der Waals surface area contributed by atoms with Gasteiger partial charge in [-0.1, -0.05) is 0 Å². The number of esters is 3. The van der Waals surface area contributed by atoms with Crippen LogP contribution in [-0.4, -0.2) is 126 Å². The number of nitrogen functional groups attached to an aromatic ring is 2. The summed E-state index contributed by atoms with van der Waals surface area (Å²) >= 11 is 16.6. The molecule has 4 atom stereocenters. The van der Waals surface area contributed by atoms with E-state index in [-0.39, 0.29) is 23.1 Å². The molecule has 24 nitrogen and oxygen atoms in total. The van der Waals surface area contributed by atoms with Crippen LogP contribution in [-0.2, 0) is 19.2 Å². The summed E-state index contributed by atoms with van der Waals surface area (Å²) < 4.78 is 27.3. The van der Waals surface area contributed by atoms with E-state index in [1.165, 1.54) is 7.05 Å². The second-order valence-corrected chi connectivity index (χ2v) is 8.28. The van der Waals surface area contributed by atoms with Gasteiger partial charge in [0.15, 0.2) is 27.2 Å². The van der Waals surface area contributed by atoms with E-state index < -0.39 is 76.9 Å². The van der Waals surface area contributed by atoms with Crippen molar-refractivity contribution in [3.05, 3.63) is 15.9 Å². The number of hydrogen-bond acceptors (Lipinski definition) is 23. The van der Waals surface area contributed by atoms with Gasteiger partial charge in [-0.3, -0.25) is 0 Å². The first-order valence-corrected chi connectivity index (χ1v) is 12.1. The van der Waals surface area contributed by atoms with Gasteiger partial charge in [0.05, 0.1) is 0 Å². The van der Waals surface area contributed by atoms with Crippen LogP contribution in [0.1, 0.15) is 0 Å².